The Labute approximate surface area is 183 Å². The van der Waals surface area contributed by atoms with Gasteiger partial charge in [0, 0.05) is 6.42 Å². The van der Waals surface area contributed by atoms with Crippen molar-refractivity contribution in [1.29, 1.82) is 0 Å². The van der Waals surface area contributed by atoms with Crippen LogP contribution in [0.1, 0.15) is 91.4 Å². The topological polar surface area (TPSA) is 66.8 Å². The van der Waals surface area contributed by atoms with Crippen molar-refractivity contribution in [2.75, 3.05) is 7.11 Å². The monoisotopic (exact) mass is 420 g/mol. The fourth-order valence-electron chi connectivity index (χ4n) is 9.16. The fourth-order valence-corrected chi connectivity index (χ4v) is 9.16. The van der Waals surface area contributed by atoms with Gasteiger partial charge in [0.15, 0.2) is 0 Å². The average molecular weight is 421 g/mol. The summed E-state index contributed by atoms with van der Waals surface area (Å²) in [6.07, 6.45) is 11.0. The van der Waals surface area contributed by atoms with Gasteiger partial charge in [0.1, 0.15) is 0 Å². The lowest BCUT2D eigenvalue weighted by atomic mass is 9.44. The zero-order valence-electron chi connectivity index (χ0n) is 19.6. The number of rotatable bonds is 5. The van der Waals surface area contributed by atoms with Crippen molar-refractivity contribution in [2.45, 2.75) is 104 Å². The molecule has 0 aliphatic heterocycles. The molecule has 0 heterocycles. The predicted octanol–water partition coefficient (Wildman–Crippen LogP) is 4.96. The standard InChI is InChI=1S/C26H44O4/c1-16(6-5-7-23(28)30-4)18-10-11-19-17-8-9-21-24(29)22(27)13-15-26(21,3)20(17)12-14-25(18,19)2/h16-22,24,27,29H,5-15H2,1-4H3/t16?,17-,18+,19-,20-,21-,22-,24+,25+,26+/m0/s1. The first-order valence-corrected chi connectivity index (χ1v) is 12.7. The number of aliphatic hydroxyl groups excluding tert-OH is 2. The van der Waals surface area contributed by atoms with Crippen LogP contribution in [0.15, 0.2) is 0 Å². The molecule has 4 aliphatic rings. The Hall–Kier alpha value is -0.610. The molecule has 4 aliphatic carbocycles. The number of fused-ring (bicyclic) bond motifs is 5. The molecule has 30 heavy (non-hydrogen) atoms. The fraction of sp³-hybridized carbons (Fsp3) is 0.962. The van der Waals surface area contributed by atoms with Gasteiger partial charge in [-0.1, -0.05) is 20.8 Å². The van der Waals surface area contributed by atoms with Crippen LogP contribution in [0.5, 0.6) is 0 Å². The van der Waals surface area contributed by atoms with Crippen LogP contribution in [-0.4, -0.2) is 35.5 Å². The summed E-state index contributed by atoms with van der Waals surface area (Å²) in [5.74, 6) is 3.95. The summed E-state index contributed by atoms with van der Waals surface area (Å²) in [5, 5.41) is 21.0. The van der Waals surface area contributed by atoms with E-state index in [9.17, 15) is 15.0 Å². The van der Waals surface area contributed by atoms with Crippen LogP contribution in [0.4, 0.5) is 0 Å². The molecule has 0 amide bonds. The Balaban J connectivity index is 1.45. The van der Waals surface area contributed by atoms with Crippen molar-refractivity contribution in [3.05, 3.63) is 0 Å². The maximum atomic E-state index is 11.5. The molecule has 0 aromatic carbocycles. The lowest BCUT2D eigenvalue weighted by Crippen LogP contribution is -2.58. The minimum absolute atomic E-state index is 0.0805. The molecule has 172 valence electrons. The smallest absolute Gasteiger partial charge is 0.305 e. The number of aliphatic hydroxyl groups is 2. The number of esters is 1. The second-order valence-corrected chi connectivity index (χ2v) is 11.8. The van der Waals surface area contributed by atoms with Crippen LogP contribution in [0.2, 0.25) is 0 Å². The summed E-state index contributed by atoms with van der Waals surface area (Å²) in [6.45, 7) is 7.43. The van der Waals surface area contributed by atoms with Gasteiger partial charge in [0.25, 0.3) is 0 Å². The van der Waals surface area contributed by atoms with Crippen LogP contribution in [0, 0.1) is 46.3 Å². The summed E-state index contributed by atoms with van der Waals surface area (Å²) in [4.78, 5) is 11.5. The zero-order valence-corrected chi connectivity index (χ0v) is 19.6. The minimum Gasteiger partial charge on any atom is -0.469 e. The first-order valence-electron chi connectivity index (χ1n) is 12.7. The Morgan fingerprint density at radius 3 is 2.37 bits per heavy atom. The number of carbonyl (C=O) groups is 1. The van der Waals surface area contributed by atoms with Gasteiger partial charge in [-0.25, -0.2) is 0 Å². The molecule has 0 radical (unpaired) electrons. The lowest BCUT2D eigenvalue weighted by Gasteiger charge is -2.62. The van der Waals surface area contributed by atoms with Crippen LogP contribution >= 0.6 is 0 Å². The molecule has 0 aromatic heterocycles. The highest BCUT2D eigenvalue weighted by Gasteiger charge is 2.61. The minimum atomic E-state index is -0.524. The second kappa shape index (κ2) is 8.39. The molecular weight excluding hydrogens is 376 g/mol. The second-order valence-electron chi connectivity index (χ2n) is 11.8. The maximum absolute atomic E-state index is 11.5. The highest BCUT2D eigenvalue weighted by molar-refractivity contribution is 5.68. The molecule has 0 bridgehead atoms. The van der Waals surface area contributed by atoms with Gasteiger partial charge in [-0.2, -0.15) is 0 Å². The Bertz CT molecular complexity index is 635. The van der Waals surface area contributed by atoms with Crippen LogP contribution in [0.3, 0.4) is 0 Å². The molecule has 0 saturated heterocycles. The third-order valence-corrected chi connectivity index (χ3v) is 10.8. The third kappa shape index (κ3) is 3.54. The van der Waals surface area contributed by atoms with E-state index in [0.29, 0.717) is 23.7 Å². The first-order chi connectivity index (χ1) is 14.2. The van der Waals surface area contributed by atoms with Gasteiger partial charge in [0.2, 0.25) is 0 Å². The normalized spacial score (nSPS) is 48.9. The Kier molecular flexibility index (Phi) is 6.31. The van der Waals surface area contributed by atoms with Gasteiger partial charge < -0.3 is 14.9 Å². The lowest BCUT2D eigenvalue weighted by molar-refractivity contribution is -0.174. The average Bonchev–Trinajstić information content (AvgIpc) is 3.08. The van der Waals surface area contributed by atoms with Crippen molar-refractivity contribution < 1.29 is 19.7 Å². The van der Waals surface area contributed by atoms with Crippen molar-refractivity contribution >= 4 is 5.97 Å². The molecule has 4 nitrogen and oxygen atoms in total. The van der Waals surface area contributed by atoms with Gasteiger partial charge in [-0.3, -0.25) is 4.79 Å². The molecule has 10 atom stereocenters. The molecule has 0 spiro atoms. The van der Waals surface area contributed by atoms with Gasteiger partial charge in [0.05, 0.1) is 19.3 Å². The van der Waals surface area contributed by atoms with Crippen LogP contribution in [0.25, 0.3) is 0 Å². The van der Waals surface area contributed by atoms with E-state index in [1.807, 2.05) is 0 Å². The summed E-state index contributed by atoms with van der Waals surface area (Å²) >= 11 is 0. The summed E-state index contributed by atoms with van der Waals surface area (Å²) in [7, 11) is 1.48. The number of hydrogen-bond donors (Lipinski definition) is 2. The molecule has 0 aromatic rings. The summed E-state index contributed by atoms with van der Waals surface area (Å²) < 4.78 is 4.82. The van der Waals surface area contributed by atoms with E-state index >= 15 is 0 Å². The summed E-state index contributed by atoms with van der Waals surface area (Å²) in [6, 6.07) is 0. The maximum Gasteiger partial charge on any atom is 0.305 e. The van der Waals surface area contributed by atoms with E-state index in [1.165, 1.54) is 39.2 Å². The third-order valence-electron chi connectivity index (χ3n) is 10.8. The van der Waals surface area contributed by atoms with E-state index in [2.05, 4.69) is 20.8 Å². The molecule has 4 rings (SSSR count). The highest BCUT2D eigenvalue weighted by atomic mass is 16.5. The quantitative estimate of drug-likeness (QED) is 0.617. The molecule has 1 unspecified atom stereocenters. The van der Waals surface area contributed by atoms with E-state index in [0.717, 1.165) is 49.9 Å². The summed E-state index contributed by atoms with van der Waals surface area (Å²) in [5.41, 5.74) is 0.634. The molecule has 4 heteroatoms. The molecule has 4 fully saturated rings. The predicted molar refractivity (Wildman–Crippen MR) is 118 cm³/mol. The van der Waals surface area contributed by atoms with Gasteiger partial charge in [-0.05, 0) is 111 Å². The van der Waals surface area contributed by atoms with Crippen molar-refractivity contribution in [3.8, 4) is 0 Å². The molecule has 4 saturated carbocycles. The SMILES string of the molecule is COC(=O)CCCC(C)[C@H]1CC[C@H]2[C@@H]3CC[C@H]4[C@@H](O)[C@@H](O)CC[C@]4(C)[C@H]3CC[C@]12C. The van der Waals surface area contributed by atoms with Crippen molar-refractivity contribution in [3.63, 3.8) is 0 Å². The van der Waals surface area contributed by atoms with Crippen LogP contribution in [-0.2, 0) is 9.53 Å². The number of methoxy groups -OCH3 is 1. The highest BCUT2D eigenvalue weighted by Crippen LogP contribution is 2.68. The van der Waals surface area contributed by atoms with Gasteiger partial charge in [-0.15, -0.1) is 0 Å². The van der Waals surface area contributed by atoms with E-state index in [-0.39, 0.29) is 17.3 Å². The Morgan fingerprint density at radius 2 is 1.63 bits per heavy atom. The zero-order chi connectivity index (χ0) is 21.7. The van der Waals surface area contributed by atoms with Crippen molar-refractivity contribution in [2.24, 2.45) is 46.3 Å². The number of hydrogen-bond acceptors (Lipinski definition) is 4. The van der Waals surface area contributed by atoms with Crippen LogP contribution < -0.4 is 0 Å². The van der Waals surface area contributed by atoms with E-state index < -0.39 is 12.2 Å². The largest absolute Gasteiger partial charge is 0.469 e. The first kappa shape index (κ1) is 22.6. The molecule has 2 N–H and O–H groups in total. The van der Waals surface area contributed by atoms with Crippen molar-refractivity contribution in [1.82, 2.24) is 0 Å². The Morgan fingerprint density at radius 1 is 0.967 bits per heavy atom. The van der Waals surface area contributed by atoms with E-state index in [1.54, 1.807) is 0 Å². The van der Waals surface area contributed by atoms with Gasteiger partial charge >= 0.3 is 5.97 Å². The van der Waals surface area contributed by atoms with E-state index in [4.69, 9.17) is 4.74 Å². The number of carbonyl (C=O) groups excluding carboxylic acids is 1. The number of ether oxygens (including phenoxy) is 1. The molecular formula is C26H44O4.